The van der Waals surface area contributed by atoms with E-state index >= 15 is 0 Å². The number of rotatable bonds is 4. The lowest BCUT2D eigenvalue weighted by atomic mass is 10.4. The second-order valence-corrected chi connectivity index (χ2v) is 3.83. The van der Waals surface area contributed by atoms with Gasteiger partial charge in [-0.1, -0.05) is 11.6 Å². The minimum absolute atomic E-state index is 0.210. The molecule has 2 aromatic heterocycles. The van der Waals surface area contributed by atoms with E-state index in [1.54, 1.807) is 6.33 Å². The summed E-state index contributed by atoms with van der Waals surface area (Å²) in [4.78, 5) is 19.4. The first-order chi connectivity index (χ1) is 8.70. The molecule has 18 heavy (non-hydrogen) atoms. The lowest BCUT2D eigenvalue weighted by Crippen LogP contribution is -2.25. The van der Waals surface area contributed by atoms with Crippen molar-refractivity contribution in [3.63, 3.8) is 0 Å². The van der Waals surface area contributed by atoms with Gasteiger partial charge in [0.1, 0.15) is 17.2 Å². The number of aryl methyl sites for hydroxylation is 1. The van der Waals surface area contributed by atoms with Gasteiger partial charge in [-0.15, -0.1) is 10.2 Å². The van der Waals surface area contributed by atoms with Gasteiger partial charge >= 0.3 is 0 Å². The Morgan fingerprint density at radius 1 is 1.44 bits per heavy atom. The van der Waals surface area contributed by atoms with E-state index in [2.05, 4.69) is 25.5 Å². The van der Waals surface area contributed by atoms with E-state index in [1.807, 2.05) is 11.5 Å². The fraction of sp³-hybridized carbons (Fsp3) is 0.300. The lowest BCUT2D eigenvalue weighted by Gasteiger charge is -2.05. The van der Waals surface area contributed by atoms with Crippen LogP contribution in [0.1, 0.15) is 23.2 Å². The van der Waals surface area contributed by atoms with Crippen LogP contribution in [0, 0.1) is 0 Å². The molecule has 0 aliphatic heterocycles. The van der Waals surface area contributed by atoms with Gasteiger partial charge in [-0.05, 0) is 6.92 Å². The Morgan fingerprint density at radius 3 is 2.94 bits per heavy atom. The number of carbonyl (C=O) groups excluding carboxylic acids is 1. The Balaban J connectivity index is 1.98. The van der Waals surface area contributed by atoms with Crippen LogP contribution in [0.25, 0.3) is 0 Å². The zero-order valence-electron chi connectivity index (χ0n) is 9.67. The molecule has 0 atom stereocenters. The zero-order valence-corrected chi connectivity index (χ0v) is 10.4. The van der Waals surface area contributed by atoms with Crippen molar-refractivity contribution in [1.29, 1.82) is 0 Å². The predicted molar refractivity (Wildman–Crippen MR) is 63.9 cm³/mol. The summed E-state index contributed by atoms with van der Waals surface area (Å²) in [7, 11) is 0. The normalized spacial score (nSPS) is 10.3. The van der Waals surface area contributed by atoms with Crippen LogP contribution in [0.4, 0.5) is 0 Å². The number of nitrogens with one attached hydrogen (secondary N) is 1. The van der Waals surface area contributed by atoms with Crippen molar-refractivity contribution < 1.29 is 4.79 Å². The van der Waals surface area contributed by atoms with E-state index in [-0.39, 0.29) is 23.3 Å². The summed E-state index contributed by atoms with van der Waals surface area (Å²) in [6, 6.07) is 0. The lowest BCUT2D eigenvalue weighted by molar-refractivity contribution is 0.0944. The van der Waals surface area contributed by atoms with E-state index in [0.717, 1.165) is 6.54 Å². The molecule has 0 spiro atoms. The molecular formula is C10H11ClN6O. The van der Waals surface area contributed by atoms with E-state index in [1.165, 1.54) is 12.4 Å². The van der Waals surface area contributed by atoms with Crippen molar-refractivity contribution in [2.45, 2.75) is 20.0 Å². The Labute approximate surface area is 108 Å². The van der Waals surface area contributed by atoms with Crippen LogP contribution in [0.2, 0.25) is 5.15 Å². The molecule has 2 rings (SSSR count). The second-order valence-electron chi connectivity index (χ2n) is 3.44. The largest absolute Gasteiger partial charge is 0.343 e. The number of amides is 1. The second kappa shape index (κ2) is 5.54. The Bertz CT molecular complexity index is 538. The highest BCUT2D eigenvalue weighted by atomic mass is 35.5. The predicted octanol–water partition coefficient (Wildman–Crippen LogP) is 0.671. The highest BCUT2D eigenvalue weighted by Gasteiger charge is 2.09. The molecule has 2 aromatic rings. The zero-order chi connectivity index (χ0) is 13.0. The molecular weight excluding hydrogens is 256 g/mol. The van der Waals surface area contributed by atoms with Gasteiger partial charge in [-0.3, -0.25) is 4.79 Å². The summed E-state index contributed by atoms with van der Waals surface area (Å²) >= 11 is 5.59. The van der Waals surface area contributed by atoms with Gasteiger partial charge in [0.15, 0.2) is 5.82 Å². The first kappa shape index (κ1) is 12.4. The molecule has 0 saturated carbocycles. The van der Waals surface area contributed by atoms with E-state index in [9.17, 15) is 4.79 Å². The maximum atomic E-state index is 11.7. The van der Waals surface area contributed by atoms with Crippen molar-refractivity contribution in [1.82, 2.24) is 30.0 Å². The first-order valence-corrected chi connectivity index (χ1v) is 5.71. The average molecular weight is 267 g/mol. The monoisotopic (exact) mass is 266 g/mol. The smallest absolute Gasteiger partial charge is 0.271 e. The van der Waals surface area contributed by atoms with Crippen LogP contribution in [0.5, 0.6) is 0 Å². The minimum Gasteiger partial charge on any atom is -0.343 e. The van der Waals surface area contributed by atoms with Crippen LogP contribution in [0.15, 0.2) is 18.7 Å². The number of nitrogens with zero attached hydrogens (tertiary/aromatic N) is 5. The summed E-state index contributed by atoms with van der Waals surface area (Å²) in [6.45, 7) is 3.01. The highest BCUT2D eigenvalue weighted by Crippen LogP contribution is 2.01. The van der Waals surface area contributed by atoms with Crippen molar-refractivity contribution in [3.8, 4) is 0 Å². The molecule has 0 bridgehead atoms. The minimum atomic E-state index is -0.329. The molecule has 94 valence electrons. The summed E-state index contributed by atoms with van der Waals surface area (Å²) in [5, 5.41) is 10.6. The van der Waals surface area contributed by atoms with Crippen LogP contribution in [-0.2, 0) is 13.1 Å². The summed E-state index contributed by atoms with van der Waals surface area (Å²) in [6.07, 6.45) is 4.26. The third-order valence-electron chi connectivity index (χ3n) is 2.30. The molecule has 0 aliphatic carbocycles. The van der Waals surface area contributed by atoms with Crippen LogP contribution in [0.3, 0.4) is 0 Å². The van der Waals surface area contributed by atoms with Crippen LogP contribution in [-0.4, -0.2) is 30.6 Å². The topological polar surface area (TPSA) is 85.6 Å². The maximum absolute atomic E-state index is 11.7. The number of aromatic nitrogens is 5. The third-order valence-corrected chi connectivity index (χ3v) is 2.49. The van der Waals surface area contributed by atoms with Gasteiger partial charge < -0.3 is 9.88 Å². The van der Waals surface area contributed by atoms with Gasteiger partial charge in [-0.2, -0.15) is 0 Å². The van der Waals surface area contributed by atoms with Gasteiger partial charge in [-0.25, -0.2) is 9.97 Å². The van der Waals surface area contributed by atoms with Crippen molar-refractivity contribution in [2.75, 3.05) is 0 Å². The van der Waals surface area contributed by atoms with Gasteiger partial charge in [0.2, 0.25) is 0 Å². The average Bonchev–Trinajstić information content (AvgIpc) is 2.84. The maximum Gasteiger partial charge on any atom is 0.271 e. The fourth-order valence-corrected chi connectivity index (χ4v) is 1.46. The summed E-state index contributed by atoms with van der Waals surface area (Å²) in [5.41, 5.74) is 0.210. The van der Waals surface area contributed by atoms with Gasteiger partial charge in [0.05, 0.1) is 18.9 Å². The molecule has 0 unspecified atom stereocenters. The molecule has 0 saturated heterocycles. The van der Waals surface area contributed by atoms with E-state index in [0.29, 0.717) is 5.82 Å². The van der Waals surface area contributed by atoms with Crippen LogP contribution >= 0.6 is 11.6 Å². The standard InChI is InChI=1S/C10H11ClN6O/c1-2-17-6-15-16-9(17)5-14-10(18)7-3-13-8(11)4-12-7/h3-4,6H,2,5H2,1H3,(H,14,18). The molecule has 0 radical (unpaired) electrons. The molecule has 0 aromatic carbocycles. The third kappa shape index (κ3) is 2.80. The van der Waals surface area contributed by atoms with Crippen LogP contribution < -0.4 is 5.32 Å². The SMILES string of the molecule is CCn1cnnc1CNC(=O)c1cnc(Cl)cn1. The molecule has 1 amide bonds. The van der Waals surface area contributed by atoms with Crippen molar-refractivity contribution >= 4 is 17.5 Å². The van der Waals surface area contributed by atoms with E-state index in [4.69, 9.17) is 11.6 Å². The Morgan fingerprint density at radius 2 is 2.28 bits per heavy atom. The number of hydrogen-bond acceptors (Lipinski definition) is 5. The van der Waals surface area contributed by atoms with Crippen molar-refractivity contribution in [3.05, 3.63) is 35.4 Å². The molecule has 7 nitrogen and oxygen atoms in total. The summed E-state index contributed by atoms with van der Waals surface area (Å²) in [5.74, 6) is 0.359. The fourth-order valence-electron chi connectivity index (χ4n) is 1.36. The number of halogens is 1. The molecule has 2 heterocycles. The van der Waals surface area contributed by atoms with Gasteiger partial charge in [0.25, 0.3) is 5.91 Å². The molecule has 8 heteroatoms. The summed E-state index contributed by atoms with van der Waals surface area (Å²) < 4.78 is 1.84. The highest BCUT2D eigenvalue weighted by molar-refractivity contribution is 6.29. The Kier molecular flexibility index (Phi) is 3.83. The molecule has 0 fully saturated rings. The quantitative estimate of drug-likeness (QED) is 0.879. The van der Waals surface area contributed by atoms with Gasteiger partial charge in [0, 0.05) is 6.54 Å². The number of hydrogen-bond donors (Lipinski definition) is 1. The van der Waals surface area contributed by atoms with Crippen molar-refractivity contribution in [2.24, 2.45) is 0 Å². The Hall–Kier alpha value is -2.02. The first-order valence-electron chi connectivity index (χ1n) is 5.33. The molecule has 0 aliphatic rings. The van der Waals surface area contributed by atoms with E-state index < -0.39 is 0 Å². The number of carbonyl (C=O) groups is 1. The molecule has 1 N–H and O–H groups in total.